The molecule has 1 fully saturated rings. The maximum Gasteiger partial charge on any atom is 0.421 e. The van der Waals surface area contributed by atoms with Crippen molar-refractivity contribution in [3.63, 3.8) is 0 Å². The molecule has 0 saturated carbocycles. The fourth-order valence-corrected chi connectivity index (χ4v) is 2.50. The molecule has 0 spiro atoms. The Hall–Kier alpha value is -1.56. The van der Waals surface area contributed by atoms with Crippen molar-refractivity contribution < 1.29 is 23.1 Å². The van der Waals surface area contributed by atoms with Crippen LogP contribution in [0.4, 0.5) is 13.2 Å². The molecule has 0 aliphatic carbocycles. The average molecular weight is 301 g/mol. The highest BCUT2D eigenvalue weighted by molar-refractivity contribution is 5.94. The Morgan fingerprint density at radius 1 is 1.29 bits per heavy atom. The van der Waals surface area contributed by atoms with E-state index in [0.717, 1.165) is 25.0 Å². The SMILES string of the molecule is CC1CCCN1C(=O)c1ccc(C(C)(O)C(F)(F)F)cc1. The fourth-order valence-electron chi connectivity index (χ4n) is 2.50. The van der Waals surface area contributed by atoms with Gasteiger partial charge in [-0.25, -0.2) is 0 Å². The average Bonchev–Trinajstić information content (AvgIpc) is 2.83. The Morgan fingerprint density at radius 3 is 2.29 bits per heavy atom. The van der Waals surface area contributed by atoms with E-state index in [0.29, 0.717) is 19.0 Å². The summed E-state index contributed by atoms with van der Waals surface area (Å²) in [5, 5.41) is 9.59. The number of alkyl halides is 3. The third kappa shape index (κ3) is 2.90. The molecular formula is C15H18F3NO2. The largest absolute Gasteiger partial charge is 0.421 e. The van der Waals surface area contributed by atoms with Crippen molar-refractivity contribution in [1.29, 1.82) is 0 Å². The lowest BCUT2D eigenvalue weighted by molar-refractivity contribution is -0.258. The van der Waals surface area contributed by atoms with Crippen LogP contribution in [0.5, 0.6) is 0 Å². The van der Waals surface area contributed by atoms with Gasteiger partial charge in [0.1, 0.15) is 0 Å². The van der Waals surface area contributed by atoms with Crippen molar-refractivity contribution in [2.45, 2.75) is 44.5 Å². The third-order valence-corrected chi connectivity index (χ3v) is 4.06. The van der Waals surface area contributed by atoms with Crippen LogP contribution in [0.25, 0.3) is 0 Å². The predicted octanol–water partition coefficient (Wildman–Crippen LogP) is 3.08. The first-order chi connectivity index (χ1) is 9.64. The first-order valence-corrected chi connectivity index (χ1v) is 6.85. The van der Waals surface area contributed by atoms with E-state index >= 15 is 0 Å². The molecule has 0 aromatic heterocycles. The van der Waals surface area contributed by atoms with E-state index in [1.165, 1.54) is 12.1 Å². The minimum Gasteiger partial charge on any atom is -0.376 e. The van der Waals surface area contributed by atoms with Crippen LogP contribution in [0.15, 0.2) is 24.3 Å². The molecule has 1 amide bonds. The number of benzene rings is 1. The zero-order chi connectivity index (χ0) is 15.8. The topological polar surface area (TPSA) is 40.5 Å². The van der Waals surface area contributed by atoms with Crippen LogP contribution < -0.4 is 0 Å². The smallest absolute Gasteiger partial charge is 0.376 e. The number of hydrogen-bond acceptors (Lipinski definition) is 2. The van der Waals surface area contributed by atoms with Gasteiger partial charge in [-0.1, -0.05) is 12.1 Å². The van der Waals surface area contributed by atoms with Gasteiger partial charge in [-0.05, 0) is 44.4 Å². The number of likely N-dealkylation sites (tertiary alicyclic amines) is 1. The Morgan fingerprint density at radius 2 is 1.86 bits per heavy atom. The second-order valence-electron chi connectivity index (χ2n) is 5.64. The summed E-state index contributed by atoms with van der Waals surface area (Å²) in [4.78, 5) is 14.0. The summed E-state index contributed by atoms with van der Waals surface area (Å²) in [6.07, 6.45) is -2.89. The van der Waals surface area contributed by atoms with Crippen molar-refractivity contribution in [2.75, 3.05) is 6.54 Å². The van der Waals surface area contributed by atoms with E-state index in [1.54, 1.807) is 4.90 Å². The first-order valence-electron chi connectivity index (χ1n) is 6.85. The maximum atomic E-state index is 12.7. The Kier molecular flexibility index (Phi) is 4.02. The van der Waals surface area contributed by atoms with Gasteiger partial charge in [-0.15, -0.1) is 0 Å². The molecule has 2 atom stereocenters. The van der Waals surface area contributed by atoms with Crippen molar-refractivity contribution in [1.82, 2.24) is 4.90 Å². The molecule has 21 heavy (non-hydrogen) atoms. The van der Waals surface area contributed by atoms with Gasteiger partial charge < -0.3 is 10.0 Å². The molecule has 1 heterocycles. The number of carbonyl (C=O) groups excluding carboxylic acids is 1. The number of carbonyl (C=O) groups is 1. The summed E-state index contributed by atoms with van der Waals surface area (Å²) in [5.74, 6) is -0.182. The molecule has 6 heteroatoms. The van der Waals surface area contributed by atoms with Gasteiger partial charge in [-0.3, -0.25) is 4.79 Å². The lowest BCUT2D eigenvalue weighted by Gasteiger charge is -2.27. The highest BCUT2D eigenvalue weighted by Gasteiger charge is 2.51. The molecule has 0 radical (unpaired) electrons. The third-order valence-electron chi connectivity index (χ3n) is 4.06. The molecule has 1 saturated heterocycles. The van der Waals surface area contributed by atoms with Crippen LogP contribution in [-0.2, 0) is 5.60 Å². The quantitative estimate of drug-likeness (QED) is 0.912. The van der Waals surface area contributed by atoms with E-state index in [1.807, 2.05) is 6.92 Å². The van der Waals surface area contributed by atoms with Crippen molar-refractivity contribution in [3.8, 4) is 0 Å². The number of nitrogens with zero attached hydrogens (tertiary/aromatic N) is 1. The number of hydrogen-bond donors (Lipinski definition) is 1. The zero-order valence-corrected chi connectivity index (χ0v) is 11.9. The Bertz CT molecular complexity index is 523. The normalized spacial score (nSPS) is 22.2. The summed E-state index contributed by atoms with van der Waals surface area (Å²) in [5.41, 5.74) is -2.86. The summed E-state index contributed by atoms with van der Waals surface area (Å²) in [7, 11) is 0. The van der Waals surface area contributed by atoms with Gasteiger partial charge in [0, 0.05) is 18.2 Å². The molecular weight excluding hydrogens is 283 g/mol. The van der Waals surface area contributed by atoms with Gasteiger partial charge in [-0.2, -0.15) is 13.2 Å². The summed E-state index contributed by atoms with van der Waals surface area (Å²) in [6.45, 7) is 3.32. The van der Waals surface area contributed by atoms with Crippen LogP contribution in [0.2, 0.25) is 0 Å². The van der Waals surface area contributed by atoms with Gasteiger partial charge >= 0.3 is 6.18 Å². The molecule has 2 rings (SSSR count). The minimum atomic E-state index is -4.76. The zero-order valence-electron chi connectivity index (χ0n) is 11.9. The summed E-state index contributed by atoms with van der Waals surface area (Å²) in [6, 6.07) is 5.13. The van der Waals surface area contributed by atoms with Gasteiger partial charge in [0.05, 0.1) is 0 Å². The molecule has 1 aliphatic heterocycles. The molecule has 1 aliphatic rings. The Labute approximate surface area is 121 Å². The summed E-state index contributed by atoms with van der Waals surface area (Å²) >= 11 is 0. The molecule has 116 valence electrons. The van der Waals surface area contributed by atoms with Crippen LogP contribution in [-0.4, -0.2) is 34.7 Å². The highest BCUT2D eigenvalue weighted by Crippen LogP contribution is 2.38. The van der Waals surface area contributed by atoms with Crippen LogP contribution in [0.3, 0.4) is 0 Å². The maximum absolute atomic E-state index is 12.7. The van der Waals surface area contributed by atoms with E-state index in [9.17, 15) is 23.1 Å². The lowest BCUT2D eigenvalue weighted by atomic mass is 9.94. The van der Waals surface area contributed by atoms with Crippen LogP contribution in [0.1, 0.15) is 42.6 Å². The van der Waals surface area contributed by atoms with Gasteiger partial charge in [0.2, 0.25) is 0 Å². The number of amides is 1. The van der Waals surface area contributed by atoms with E-state index in [2.05, 4.69) is 0 Å². The molecule has 1 aromatic carbocycles. The monoisotopic (exact) mass is 301 g/mol. The fraction of sp³-hybridized carbons (Fsp3) is 0.533. The predicted molar refractivity (Wildman–Crippen MR) is 71.8 cm³/mol. The second kappa shape index (κ2) is 5.33. The standard InChI is InChI=1S/C15H18F3NO2/c1-10-4-3-9-19(10)13(20)11-5-7-12(8-6-11)14(2,21)15(16,17)18/h5-8,10,21H,3-4,9H2,1-2H3. The van der Waals surface area contributed by atoms with Crippen molar-refractivity contribution in [2.24, 2.45) is 0 Å². The first kappa shape index (κ1) is 15.8. The van der Waals surface area contributed by atoms with Crippen LogP contribution >= 0.6 is 0 Å². The van der Waals surface area contributed by atoms with Crippen LogP contribution in [0, 0.1) is 0 Å². The molecule has 3 nitrogen and oxygen atoms in total. The van der Waals surface area contributed by atoms with E-state index in [-0.39, 0.29) is 17.5 Å². The number of rotatable bonds is 2. The lowest BCUT2D eigenvalue weighted by Crippen LogP contribution is -2.39. The molecule has 1 aromatic rings. The van der Waals surface area contributed by atoms with E-state index < -0.39 is 11.8 Å². The molecule has 0 bridgehead atoms. The minimum absolute atomic E-state index is 0.149. The van der Waals surface area contributed by atoms with Crippen molar-refractivity contribution in [3.05, 3.63) is 35.4 Å². The number of aliphatic hydroxyl groups is 1. The second-order valence-corrected chi connectivity index (χ2v) is 5.64. The van der Waals surface area contributed by atoms with Gasteiger partial charge in [0.25, 0.3) is 5.91 Å². The highest BCUT2D eigenvalue weighted by atomic mass is 19.4. The Balaban J connectivity index is 2.21. The molecule has 2 unspecified atom stereocenters. The van der Waals surface area contributed by atoms with Gasteiger partial charge in [0.15, 0.2) is 5.60 Å². The van der Waals surface area contributed by atoms with Crippen molar-refractivity contribution >= 4 is 5.91 Å². The number of halogens is 3. The summed E-state index contributed by atoms with van der Waals surface area (Å²) < 4.78 is 38.2. The molecule has 1 N–H and O–H groups in total. The van der Waals surface area contributed by atoms with E-state index in [4.69, 9.17) is 0 Å².